The zero-order valence-corrected chi connectivity index (χ0v) is 22.0. The first-order chi connectivity index (χ1) is 19.0. The lowest BCUT2D eigenvalue weighted by atomic mass is 9.95. The van der Waals surface area contributed by atoms with Gasteiger partial charge in [-0.1, -0.05) is 48.6 Å². The third kappa shape index (κ3) is 4.30. The number of furan rings is 1. The summed E-state index contributed by atoms with van der Waals surface area (Å²) in [6, 6.07) is 20.5. The van der Waals surface area contributed by atoms with Crippen LogP contribution in [0, 0.1) is 0 Å². The number of ketones is 1. The fourth-order valence-electron chi connectivity index (χ4n) is 4.67. The lowest BCUT2D eigenvalue weighted by Crippen LogP contribution is -2.30. The second-order valence-corrected chi connectivity index (χ2v) is 10.1. The summed E-state index contributed by atoms with van der Waals surface area (Å²) in [6.07, 6.45) is 0.863. The molecule has 3 heterocycles. The summed E-state index contributed by atoms with van der Waals surface area (Å²) in [5, 5.41) is 12.2. The molecular weight excluding hydrogens is 516 g/mol. The van der Waals surface area contributed by atoms with Crippen LogP contribution in [0.1, 0.15) is 35.5 Å². The maximum atomic E-state index is 13.8. The lowest BCUT2D eigenvalue weighted by Gasteiger charge is -2.24. The number of carbonyl (C=O) groups excluding carboxylic acids is 2. The molecule has 1 atom stereocenters. The van der Waals surface area contributed by atoms with Crippen molar-refractivity contribution in [2.45, 2.75) is 19.4 Å². The Morgan fingerprint density at radius 2 is 1.85 bits per heavy atom. The maximum absolute atomic E-state index is 13.8. The molecule has 1 aliphatic rings. The zero-order valence-electron chi connectivity index (χ0n) is 21.2. The number of aromatic nitrogens is 1. The first-order valence-electron chi connectivity index (χ1n) is 12.5. The number of ether oxygens (including phenoxy) is 2. The van der Waals surface area contributed by atoms with E-state index in [0.717, 1.165) is 16.5 Å². The van der Waals surface area contributed by atoms with Crippen LogP contribution in [0.2, 0.25) is 0 Å². The van der Waals surface area contributed by atoms with Crippen molar-refractivity contribution in [3.05, 3.63) is 95.5 Å². The van der Waals surface area contributed by atoms with Crippen molar-refractivity contribution in [3.63, 3.8) is 0 Å². The summed E-state index contributed by atoms with van der Waals surface area (Å²) in [4.78, 5) is 33.4. The van der Waals surface area contributed by atoms with Crippen molar-refractivity contribution in [2.24, 2.45) is 0 Å². The summed E-state index contributed by atoms with van der Waals surface area (Å²) in [5.41, 5.74) is 1.75. The van der Waals surface area contributed by atoms with Crippen LogP contribution in [0.4, 0.5) is 5.13 Å². The quantitative estimate of drug-likeness (QED) is 0.221. The molecule has 0 bridgehead atoms. The van der Waals surface area contributed by atoms with Gasteiger partial charge in [0.1, 0.15) is 17.1 Å². The molecule has 1 N–H and O–H groups in total. The van der Waals surface area contributed by atoms with Crippen LogP contribution in [-0.4, -0.2) is 35.5 Å². The second kappa shape index (κ2) is 9.92. The van der Waals surface area contributed by atoms with Crippen molar-refractivity contribution >= 4 is 49.3 Å². The number of nitrogens with zero attached hydrogens (tertiary/aromatic N) is 2. The summed E-state index contributed by atoms with van der Waals surface area (Å²) in [7, 11) is 1.58. The van der Waals surface area contributed by atoms with Crippen molar-refractivity contribution < 1.29 is 28.6 Å². The van der Waals surface area contributed by atoms with Gasteiger partial charge in [-0.25, -0.2) is 4.98 Å². The van der Waals surface area contributed by atoms with Gasteiger partial charge in [-0.2, -0.15) is 0 Å². The summed E-state index contributed by atoms with van der Waals surface area (Å²) < 4.78 is 17.7. The molecule has 1 amide bonds. The van der Waals surface area contributed by atoms with Crippen molar-refractivity contribution in [1.82, 2.24) is 4.98 Å². The van der Waals surface area contributed by atoms with E-state index in [9.17, 15) is 14.7 Å². The molecule has 0 radical (unpaired) electrons. The zero-order chi connectivity index (χ0) is 27.1. The largest absolute Gasteiger partial charge is 0.503 e. The van der Waals surface area contributed by atoms with E-state index in [-0.39, 0.29) is 11.3 Å². The molecule has 1 unspecified atom stereocenters. The molecule has 0 aliphatic carbocycles. The molecule has 39 heavy (non-hydrogen) atoms. The molecule has 9 heteroatoms. The van der Waals surface area contributed by atoms with Gasteiger partial charge in [0.25, 0.3) is 5.91 Å². The summed E-state index contributed by atoms with van der Waals surface area (Å²) in [6.45, 7) is 2.59. The minimum atomic E-state index is -0.930. The number of Topliss-reactive ketones (excluding diaryl/α,β-unsaturated/α-hetero) is 1. The normalized spacial score (nSPS) is 15.5. The Kier molecular flexibility index (Phi) is 6.28. The van der Waals surface area contributed by atoms with Gasteiger partial charge in [0.15, 0.2) is 16.7 Å². The highest BCUT2D eigenvalue weighted by molar-refractivity contribution is 7.22. The predicted molar refractivity (Wildman–Crippen MR) is 149 cm³/mol. The van der Waals surface area contributed by atoms with Crippen molar-refractivity contribution in [3.8, 4) is 11.5 Å². The number of amides is 1. The minimum absolute atomic E-state index is 0.0364. The first kappa shape index (κ1) is 24.7. The van der Waals surface area contributed by atoms with E-state index in [2.05, 4.69) is 4.98 Å². The molecule has 0 spiro atoms. The molecule has 8 nitrogen and oxygen atoms in total. The van der Waals surface area contributed by atoms with Crippen molar-refractivity contribution in [1.29, 1.82) is 0 Å². The smallest absolute Gasteiger partial charge is 0.296 e. The standard InChI is InChI=1S/C30H24N2O6S/c1-3-14-37-19-10-8-17(9-11-19)26-25(27(33)23-15-18-6-4-5-7-22(18)38-23)28(34)29(35)32(26)30-31-21-13-12-20(36-2)16-24(21)39-30/h4-13,15-16,26,34H,3,14H2,1-2H3. The van der Waals surface area contributed by atoms with Crippen LogP contribution in [0.15, 0.2) is 88.5 Å². The molecule has 196 valence electrons. The molecule has 3 aromatic carbocycles. The van der Waals surface area contributed by atoms with E-state index < -0.39 is 23.5 Å². The number of anilines is 1. The van der Waals surface area contributed by atoms with E-state index >= 15 is 0 Å². The van der Waals surface area contributed by atoms with Crippen molar-refractivity contribution in [2.75, 3.05) is 18.6 Å². The highest BCUT2D eigenvalue weighted by atomic mass is 32.1. The number of benzene rings is 3. The molecule has 1 aliphatic heterocycles. The first-order valence-corrected chi connectivity index (χ1v) is 13.3. The molecule has 5 aromatic rings. The molecule has 6 rings (SSSR count). The lowest BCUT2D eigenvalue weighted by molar-refractivity contribution is -0.117. The van der Waals surface area contributed by atoms with E-state index in [1.165, 1.54) is 16.2 Å². The average molecular weight is 541 g/mol. The summed E-state index contributed by atoms with van der Waals surface area (Å²) in [5.74, 6) is -0.549. The Bertz CT molecular complexity index is 1720. The number of fused-ring (bicyclic) bond motifs is 2. The monoisotopic (exact) mass is 540 g/mol. The number of para-hydroxylation sites is 1. The SMILES string of the molecule is CCCOc1ccc(C2C(C(=O)c3cc4ccccc4o3)=C(O)C(=O)N2c2nc3ccc(OC)cc3s2)cc1. The molecule has 0 saturated carbocycles. The number of aliphatic hydroxyl groups excluding tert-OH is 1. The van der Waals surface area contributed by atoms with Gasteiger partial charge in [0.05, 0.1) is 35.5 Å². The van der Waals surface area contributed by atoms with E-state index in [4.69, 9.17) is 13.9 Å². The van der Waals surface area contributed by atoms with Crippen LogP contribution >= 0.6 is 11.3 Å². The van der Waals surface area contributed by atoms with Crippen LogP contribution < -0.4 is 14.4 Å². The van der Waals surface area contributed by atoms with Gasteiger partial charge < -0.3 is 19.0 Å². The number of thiazole rings is 1. The number of carbonyl (C=O) groups is 2. The van der Waals surface area contributed by atoms with Crippen LogP contribution in [0.25, 0.3) is 21.2 Å². The van der Waals surface area contributed by atoms with Gasteiger partial charge in [-0.05, 0) is 54.4 Å². The van der Waals surface area contributed by atoms with Gasteiger partial charge in [0.2, 0.25) is 5.78 Å². The predicted octanol–water partition coefficient (Wildman–Crippen LogP) is 6.62. The third-order valence-corrected chi connectivity index (χ3v) is 7.58. The maximum Gasteiger partial charge on any atom is 0.296 e. The van der Waals surface area contributed by atoms with E-state index in [1.807, 2.05) is 31.2 Å². The van der Waals surface area contributed by atoms with Crippen LogP contribution in [-0.2, 0) is 4.79 Å². The molecule has 0 saturated heterocycles. The van der Waals surface area contributed by atoms with Gasteiger partial charge in [-0.15, -0.1) is 0 Å². The molecule has 2 aromatic heterocycles. The van der Waals surface area contributed by atoms with Crippen LogP contribution in [0.5, 0.6) is 11.5 Å². The Morgan fingerprint density at radius 1 is 1.08 bits per heavy atom. The van der Waals surface area contributed by atoms with Gasteiger partial charge in [-0.3, -0.25) is 14.5 Å². The molecular formula is C30H24N2O6S. The number of hydrogen-bond donors (Lipinski definition) is 1. The minimum Gasteiger partial charge on any atom is -0.503 e. The highest BCUT2D eigenvalue weighted by Gasteiger charge is 2.46. The van der Waals surface area contributed by atoms with Crippen LogP contribution in [0.3, 0.4) is 0 Å². The number of aliphatic hydroxyl groups is 1. The topological polar surface area (TPSA) is 102 Å². The molecule has 0 fully saturated rings. The number of hydrogen-bond acceptors (Lipinski definition) is 8. The van der Waals surface area contributed by atoms with Gasteiger partial charge in [0, 0.05) is 5.39 Å². The Morgan fingerprint density at radius 3 is 2.59 bits per heavy atom. The third-order valence-electron chi connectivity index (χ3n) is 6.56. The Labute approximate surface area is 227 Å². The fourth-order valence-corrected chi connectivity index (χ4v) is 5.69. The fraction of sp³-hybridized carbons (Fsp3) is 0.167. The average Bonchev–Trinajstić information content (AvgIpc) is 3.65. The Balaban J connectivity index is 1.47. The van der Waals surface area contributed by atoms with E-state index in [1.54, 1.807) is 55.6 Å². The highest BCUT2D eigenvalue weighted by Crippen LogP contribution is 2.45. The number of rotatable bonds is 8. The summed E-state index contributed by atoms with van der Waals surface area (Å²) >= 11 is 1.27. The number of methoxy groups -OCH3 is 1. The Hall–Kier alpha value is -4.63. The second-order valence-electron chi connectivity index (χ2n) is 9.07. The van der Waals surface area contributed by atoms with Gasteiger partial charge >= 0.3 is 0 Å². The van der Waals surface area contributed by atoms with E-state index in [0.29, 0.717) is 39.9 Å².